The molecule has 0 heterocycles. The molecule has 0 aromatic heterocycles. The Hall–Kier alpha value is -0.710. The van der Waals surface area contributed by atoms with Crippen LogP contribution < -0.4 is 0 Å². The van der Waals surface area contributed by atoms with E-state index in [9.17, 15) is 20.1 Å². The van der Waals surface area contributed by atoms with Crippen LogP contribution >= 0.6 is 0 Å². The van der Waals surface area contributed by atoms with Gasteiger partial charge in [0.05, 0.1) is 12.2 Å². The smallest absolute Gasteiger partial charge is 0.167 e. The zero-order valence-corrected chi connectivity index (χ0v) is 14.0. The van der Waals surface area contributed by atoms with Crippen LogP contribution in [0.3, 0.4) is 0 Å². The van der Waals surface area contributed by atoms with Crippen LogP contribution in [0.5, 0.6) is 0 Å². The highest BCUT2D eigenvalue weighted by atomic mass is 16.3. The molecule has 0 spiro atoms. The van der Waals surface area contributed by atoms with Gasteiger partial charge in [-0.3, -0.25) is 4.79 Å². The summed E-state index contributed by atoms with van der Waals surface area (Å²) in [6.07, 6.45) is 4.93. The second-order valence-electron chi connectivity index (χ2n) is 8.86. The Morgan fingerprint density at radius 3 is 2.48 bits per heavy atom. The molecule has 3 saturated carbocycles. The molecule has 3 fully saturated rings. The van der Waals surface area contributed by atoms with E-state index in [2.05, 4.69) is 6.92 Å². The van der Waals surface area contributed by atoms with Gasteiger partial charge in [0.2, 0.25) is 0 Å². The molecule has 0 aliphatic heterocycles. The summed E-state index contributed by atoms with van der Waals surface area (Å²) in [4.78, 5) is 12.5. The lowest BCUT2D eigenvalue weighted by atomic mass is 9.47. The molecule has 23 heavy (non-hydrogen) atoms. The first-order valence-corrected chi connectivity index (χ1v) is 9.07. The van der Waals surface area contributed by atoms with Crippen molar-refractivity contribution in [3.8, 4) is 0 Å². The summed E-state index contributed by atoms with van der Waals surface area (Å²) in [6, 6.07) is 0. The number of carbonyl (C=O) groups is 1. The van der Waals surface area contributed by atoms with Crippen LogP contribution in [0.1, 0.15) is 52.4 Å². The number of ketones is 1. The third kappa shape index (κ3) is 1.98. The quantitative estimate of drug-likeness (QED) is 0.595. The van der Waals surface area contributed by atoms with Gasteiger partial charge < -0.3 is 15.3 Å². The first-order chi connectivity index (χ1) is 10.8. The maximum absolute atomic E-state index is 12.5. The molecule has 0 aromatic carbocycles. The van der Waals surface area contributed by atoms with E-state index in [1.807, 2.05) is 13.0 Å². The number of aliphatic hydroxyl groups is 3. The topological polar surface area (TPSA) is 77.8 Å². The monoisotopic (exact) mass is 320 g/mol. The van der Waals surface area contributed by atoms with Gasteiger partial charge in [0.1, 0.15) is 6.10 Å². The van der Waals surface area contributed by atoms with Crippen molar-refractivity contribution >= 4 is 5.78 Å². The zero-order valence-electron chi connectivity index (χ0n) is 14.0. The number of aliphatic hydroxyl groups excluding tert-OH is 3. The van der Waals surface area contributed by atoms with Crippen molar-refractivity contribution in [1.82, 2.24) is 0 Å². The lowest BCUT2D eigenvalue weighted by molar-refractivity contribution is -0.139. The Balaban J connectivity index is 1.75. The molecule has 0 amide bonds. The van der Waals surface area contributed by atoms with Crippen LogP contribution in [0.2, 0.25) is 0 Å². The fourth-order valence-corrected chi connectivity index (χ4v) is 6.42. The second-order valence-corrected chi connectivity index (χ2v) is 8.86. The molecule has 0 aromatic rings. The van der Waals surface area contributed by atoms with E-state index in [0.717, 1.165) is 25.7 Å². The highest BCUT2D eigenvalue weighted by Gasteiger charge is 2.62. The molecule has 4 aliphatic rings. The highest BCUT2D eigenvalue weighted by molar-refractivity contribution is 5.91. The Labute approximate surface area is 137 Å². The van der Waals surface area contributed by atoms with Gasteiger partial charge in [-0.15, -0.1) is 0 Å². The molecular weight excluding hydrogens is 292 g/mol. The Kier molecular flexibility index (Phi) is 3.37. The zero-order chi connectivity index (χ0) is 16.6. The molecule has 3 N–H and O–H groups in total. The molecule has 4 nitrogen and oxygen atoms in total. The van der Waals surface area contributed by atoms with Gasteiger partial charge in [-0.2, -0.15) is 0 Å². The summed E-state index contributed by atoms with van der Waals surface area (Å²) in [7, 11) is 0. The molecule has 0 radical (unpaired) electrons. The minimum absolute atomic E-state index is 0.0212. The summed E-state index contributed by atoms with van der Waals surface area (Å²) >= 11 is 0. The largest absolute Gasteiger partial charge is 0.393 e. The maximum Gasteiger partial charge on any atom is 0.167 e. The normalized spacial score (nSPS) is 55.7. The SMILES string of the molecule is C[C@]12CC[C@@H](O)CC1=C[C@H](O)[C@@H]1[C@@H]2CC[C@]2(C)C(=O)[C@H](O)C[C@@H]12. The van der Waals surface area contributed by atoms with E-state index in [1.165, 1.54) is 5.57 Å². The first-order valence-electron chi connectivity index (χ1n) is 9.07. The van der Waals surface area contributed by atoms with Gasteiger partial charge in [0.15, 0.2) is 5.78 Å². The van der Waals surface area contributed by atoms with E-state index < -0.39 is 17.6 Å². The van der Waals surface area contributed by atoms with Gasteiger partial charge in [0.25, 0.3) is 0 Å². The fourth-order valence-electron chi connectivity index (χ4n) is 6.42. The van der Waals surface area contributed by atoms with Crippen molar-refractivity contribution in [3.63, 3.8) is 0 Å². The average Bonchev–Trinajstić information content (AvgIpc) is 2.73. The third-order valence-electron chi connectivity index (χ3n) is 7.84. The number of fused-ring (bicyclic) bond motifs is 5. The van der Waals surface area contributed by atoms with E-state index in [-0.39, 0.29) is 29.1 Å². The van der Waals surface area contributed by atoms with Crippen molar-refractivity contribution in [3.05, 3.63) is 11.6 Å². The van der Waals surface area contributed by atoms with Crippen LogP contribution in [0.15, 0.2) is 11.6 Å². The number of hydrogen-bond donors (Lipinski definition) is 3. The number of rotatable bonds is 0. The Morgan fingerprint density at radius 2 is 1.74 bits per heavy atom. The summed E-state index contributed by atoms with van der Waals surface area (Å²) < 4.78 is 0. The molecule has 8 atom stereocenters. The Morgan fingerprint density at radius 1 is 1.04 bits per heavy atom. The van der Waals surface area contributed by atoms with Gasteiger partial charge >= 0.3 is 0 Å². The molecule has 4 heteroatoms. The van der Waals surface area contributed by atoms with Crippen molar-refractivity contribution in [1.29, 1.82) is 0 Å². The lowest BCUT2D eigenvalue weighted by Gasteiger charge is -2.57. The molecule has 4 rings (SSSR count). The van der Waals surface area contributed by atoms with Crippen molar-refractivity contribution in [2.45, 2.75) is 70.7 Å². The van der Waals surface area contributed by atoms with Crippen LogP contribution in [-0.4, -0.2) is 39.4 Å². The summed E-state index contributed by atoms with van der Waals surface area (Å²) in [5, 5.41) is 31.0. The van der Waals surface area contributed by atoms with Crippen molar-refractivity contribution in [2.24, 2.45) is 28.6 Å². The Bertz CT molecular complexity index is 570. The van der Waals surface area contributed by atoms with Gasteiger partial charge in [-0.1, -0.05) is 25.5 Å². The predicted molar refractivity (Wildman–Crippen MR) is 85.5 cm³/mol. The number of Topliss-reactive ketones (excluding diaryl/α,β-unsaturated/α-hetero) is 1. The minimum atomic E-state index is -0.859. The van der Waals surface area contributed by atoms with Gasteiger partial charge in [0, 0.05) is 5.41 Å². The minimum Gasteiger partial charge on any atom is -0.393 e. The van der Waals surface area contributed by atoms with Crippen LogP contribution in [0, 0.1) is 28.6 Å². The van der Waals surface area contributed by atoms with E-state index in [0.29, 0.717) is 18.8 Å². The third-order valence-corrected chi connectivity index (χ3v) is 7.84. The summed E-state index contributed by atoms with van der Waals surface area (Å²) in [5.41, 5.74) is 0.761. The van der Waals surface area contributed by atoms with E-state index >= 15 is 0 Å². The van der Waals surface area contributed by atoms with Crippen LogP contribution in [-0.2, 0) is 4.79 Å². The summed E-state index contributed by atoms with van der Waals surface area (Å²) in [5.74, 6) is 0.451. The summed E-state index contributed by atoms with van der Waals surface area (Å²) in [6.45, 7) is 4.27. The second kappa shape index (κ2) is 4.90. The fraction of sp³-hybridized carbons (Fsp3) is 0.842. The predicted octanol–water partition coefficient (Wildman–Crippen LogP) is 1.82. The standard InChI is InChI=1S/C19H28O4/c1-18-5-3-11(20)7-10(18)8-14(21)16-12(18)4-6-19(2)13(16)9-15(22)17(19)23/h8,11-16,20-22H,3-7,9H2,1-2H3/t11-,12+,13+,14+,15-,16-,18+,19+/m1/s1. The molecule has 0 bridgehead atoms. The average molecular weight is 320 g/mol. The van der Waals surface area contributed by atoms with Crippen molar-refractivity contribution in [2.75, 3.05) is 0 Å². The first kappa shape index (κ1) is 15.8. The molecule has 128 valence electrons. The molecule has 0 saturated heterocycles. The molecule has 4 aliphatic carbocycles. The molecular formula is C19H28O4. The van der Waals surface area contributed by atoms with Crippen LogP contribution in [0.25, 0.3) is 0 Å². The highest BCUT2D eigenvalue weighted by Crippen LogP contribution is 2.63. The van der Waals surface area contributed by atoms with Gasteiger partial charge in [-0.05, 0) is 61.7 Å². The van der Waals surface area contributed by atoms with Crippen molar-refractivity contribution < 1.29 is 20.1 Å². The number of carbonyl (C=O) groups excluding carboxylic acids is 1. The van der Waals surface area contributed by atoms with E-state index in [1.54, 1.807) is 0 Å². The van der Waals surface area contributed by atoms with Gasteiger partial charge in [-0.25, -0.2) is 0 Å². The number of hydrogen-bond acceptors (Lipinski definition) is 4. The lowest BCUT2D eigenvalue weighted by Crippen LogP contribution is -2.54. The van der Waals surface area contributed by atoms with E-state index in [4.69, 9.17) is 0 Å². The molecule has 0 unspecified atom stereocenters. The van der Waals surface area contributed by atoms with Crippen LogP contribution in [0.4, 0.5) is 0 Å². The maximum atomic E-state index is 12.5.